The van der Waals surface area contributed by atoms with Gasteiger partial charge < -0.3 is 14.5 Å². The van der Waals surface area contributed by atoms with Crippen LogP contribution >= 0.6 is 0 Å². The van der Waals surface area contributed by atoms with Crippen molar-refractivity contribution < 1.29 is 17.9 Å². The zero-order valence-electron chi connectivity index (χ0n) is 15.1. The third-order valence-electron chi connectivity index (χ3n) is 4.46. The zero-order chi connectivity index (χ0) is 18.7. The standard InChI is InChI=1S/C17H27N3O4S/c1-17(2)13-19(16(21)5-4-12-25(18,22)23)10-11-20(17)14-6-8-15(24-3)9-7-14/h6-9H,4-5,10-13H2,1-3H3,(H2,18,22,23). The quantitative estimate of drug-likeness (QED) is 0.813. The molecule has 0 aromatic heterocycles. The van der Waals surface area contributed by atoms with Crippen LogP contribution in [-0.4, -0.2) is 57.3 Å². The lowest BCUT2D eigenvalue weighted by Crippen LogP contribution is -2.60. The highest BCUT2D eigenvalue weighted by molar-refractivity contribution is 7.89. The molecule has 1 heterocycles. The number of rotatable bonds is 6. The van der Waals surface area contributed by atoms with Crippen molar-refractivity contribution in [3.8, 4) is 5.75 Å². The number of carbonyl (C=O) groups excluding carboxylic acids is 1. The van der Waals surface area contributed by atoms with Crippen LogP contribution in [0, 0.1) is 0 Å². The van der Waals surface area contributed by atoms with Gasteiger partial charge in [-0.05, 0) is 44.5 Å². The van der Waals surface area contributed by atoms with Gasteiger partial charge in [-0.15, -0.1) is 0 Å². The molecular formula is C17H27N3O4S. The van der Waals surface area contributed by atoms with Crippen LogP contribution in [0.15, 0.2) is 24.3 Å². The summed E-state index contributed by atoms with van der Waals surface area (Å²) in [6.45, 7) is 6.12. The minimum absolute atomic E-state index is 0.0221. The first kappa shape index (κ1) is 19.5. The molecule has 0 atom stereocenters. The minimum atomic E-state index is -3.51. The lowest BCUT2D eigenvalue weighted by Gasteiger charge is -2.48. The number of nitrogens with two attached hydrogens (primary N) is 1. The molecule has 1 aromatic rings. The molecule has 1 amide bonds. The van der Waals surface area contributed by atoms with E-state index in [0.29, 0.717) is 13.1 Å². The average molecular weight is 369 g/mol. The topological polar surface area (TPSA) is 92.9 Å². The monoisotopic (exact) mass is 369 g/mol. The largest absolute Gasteiger partial charge is 0.497 e. The maximum Gasteiger partial charge on any atom is 0.222 e. The number of ether oxygens (including phenoxy) is 1. The Balaban J connectivity index is 1.97. The van der Waals surface area contributed by atoms with Gasteiger partial charge in [0.2, 0.25) is 15.9 Å². The van der Waals surface area contributed by atoms with E-state index in [1.165, 1.54) is 0 Å². The third-order valence-corrected chi connectivity index (χ3v) is 5.32. The first-order valence-electron chi connectivity index (χ1n) is 8.32. The van der Waals surface area contributed by atoms with E-state index < -0.39 is 10.0 Å². The van der Waals surface area contributed by atoms with E-state index in [0.717, 1.165) is 18.0 Å². The Morgan fingerprint density at radius 3 is 2.40 bits per heavy atom. The summed E-state index contributed by atoms with van der Waals surface area (Å²) in [5.74, 6) is 0.629. The van der Waals surface area contributed by atoms with Crippen molar-refractivity contribution in [2.24, 2.45) is 5.14 Å². The van der Waals surface area contributed by atoms with Crippen LogP contribution in [0.3, 0.4) is 0 Å². The van der Waals surface area contributed by atoms with Gasteiger partial charge in [0.15, 0.2) is 0 Å². The summed E-state index contributed by atoms with van der Waals surface area (Å²) in [6.07, 6.45) is 0.464. The van der Waals surface area contributed by atoms with Gasteiger partial charge in [0.25, 0.3) is 0 Å². The second-order valence-electron chi connectivity index (χ2n) is 6.95. The molecule has 0 radical (unpaired) electrons. The lowest BCUT2D eigenvalue weighted by atomic mass is 9.97. The van der Waals surface area contributed by atoms with Crippen molar-refractivity contribution in [2.45, 2.75) is 32.2 Å². The SMILES string of the molecule is COc1ccc(N2CCN(C(=O)CCCS(N)(=O)=O)CC2(C)C)cc1. The molecular weight excluding hydrogens is 342 g/mol. The van der Waals surface area contributed by atoms with Gasteiger partial charge in [-0.3, -0.25) is 4.79 Å². The van der Waals surface area contributed by atoms with Gasteiger partial charge in [-0.1, -0.05) is 0 Å². The van der Waals surface area contributed by atoms with Gasteiger partial charge in [-0.25, -0.2) is 13.6 Å². The highest BCUT2D eigenvalue weighted by Gasteiger charge is 2.35. The van der Waals surface area contributed by atoms with Crippen molar-refractivity contribution in [3.63, 3.8) is 0 Å². The maximum absolute atomic E-state index is 12.4. The number of primary sulfonamides is 1. The van der Waals surface area contributed by atoms with E-state index >= 15 is 0 Å². The number of hydrogen-bond acceptors (Lipinski definition) is 5. The third kappa shape index (κ3) is 5.34. The Morgan fingerprint density at radius 1 is 1.24 bits per heavy atom. The minimum Gasteiger partial charge on any atom is -0.497 e. The first-order chi connectivity index (χ1) is 11.6. The van der Waals surface area contributed by atoms with Crippen molar-refractivity contribution in [3.05, 3.63) is 24.3 Å². The van der Waals surface area contributed by atoms with E-state index in [2.05, 4.69) is 18.7 Å². The van der Waals surface area contributed by atoms with E-state index in [1.54, 1.807) is 7.11 Å². The Hall–Kier alpha value is -1.80. The molecule has 1 aliphatic heterocycles. The molecule has 0 bridgehead atoms. The molecule has 7 nitrogen and oxygen atoms in total. The van der Waals surface area contributed by atoms with Crippen LogP contribution in [0.2, 0.25) is 0 Å². The molecule has 2 N–H and O–H groups in total. The zero-order valence-corrected chi connectivity index (χ0v) is 15.9. The summed E-state index contributed by atoms with van der Waals surface area (Å²) in [7, 11) is -1.88. The molecule has 2 rings (SSSR count). The molecule has 8 heteroatoms. The van der Waals surface area contributed by atoms with Gasteiger partial charge in [-0.2, -0.15) is 0 Å². The van der Waals surface area contributed by atoms with Crippen LogP contribution in [0.5, 0.6) is 5.75 Å². The molecule has 1 fully saturated rings. The smallest absolute Gasteiger partial charge is 0.222 e. The summed E-state index contributed by atoms with van der Waals surface area (Å²) in [4.78, 5) is 16.4. The fourth-order valence-electron chi connectivity index (χ4n) is 3.19. The van der Waals surface area contributed by atoms with Gasteiger partial charge >= 0.3 is 0 Å². The van der Waals surface area contributed by atoms with Gasteiger partial charge in [0.05, 0.1) is 18.4 Å². The number of hydrogen-bond donors (Lipinski definition) is 1. The highest BCUT2D eigenvalue weighted by Crippen LogP contribution is 2.29. The van der Waals surface area contributed by atoms with E-state index in [1.807, 2.05) is 29.2 Å². The normalized spacial score (nSPS) is 17.4. The molecule has 140 valence electrons. The molecule has 0 unspecified atom stereocenters. The van der Waals surface area contributed by atoms with Crippen LogP contribution in [-0.2, 0) is 14.8 Å². The van der Waals surface area contributed by atoms with Gasteiger partial charge in [0, 0.05) is 31.7 Å². The average Bonchev–Trinajstić information content (AvgIpc) is 2.53. The number of nitrogens with zero attached hydrogens (tertiary/aromatic N) is 2. The second kappa shape index (κ2) is 7.61. The van der Waals surface area contributed by atoms with E-state index in [4.69, 9.17) is 9.88 Å². The van der Waals surface area contributed by atoms with E-state index in [9.17, 15) is 13.2 Å². The molecule has 0 saturated carbocycles. The number of methoxy groups -OCH3 is 1. The number of sulfonamides is 1. The predicted molar refractivity (Wildman–Crippen MR) is 98.2 cm³/mol. The number of benzene rings is 1. The molecule has 0 aliphatic carbocycles. The van der Waals surface area contributed by atoms with Crippen LogP contribution in [0.4, 0.5) is 5.69 Å². The Bertz CT molecular complexity index is 701. The molecule has 25 heavy (non-hydrogen) atoms. The summed E-state index contributed by atoms with van der Waals surface area (Å²) in [6, 6.07) is 7.89. The van der Waals surface area contributed by atoms with Crippen LogP contribution < -0.4 is 14.8 Å². The Labute approximate surface area is 149 Å². The van der Waals surface area contributed by atoms with Crippen molar-refractivity contribution in [1.29, 1.82) is 0 Å². The fraction of sp³-hybridized carbons (Fsp3) is 0.588. The highest BCUT2D eigenvalue weighted by atomic mass is 32.2. The lowest BCUT2D eigenvalue weighted by molar-refractivity contribution is -0.132. The van der Waals surface area contributed by atoms with Crippen LogP contribution in [0.1, 0.15) is 26.7 Å². The Morgan fingerprint density at radius 2 is 1.88 bits per heavy atom. The van der Waals surface area contributed by atoms with Crippen molar-refractivity contribution in [2.75, 3.05) is 37.4 Å². The molecule has 1 saturated heterocycles. The van der Waals surface area contributed by atoms with Crippen LogP contribution in [0.25, 0.3) is 0 Å². The molecule has 1 aromatic carbocycles. The van der Waals surface area contributed by atoms with E-state index in [-0.39, 0.29) is 30.0 Å². The first-order valence-corrected chi connectivity index (χ1v) is 10.0. The summed E-state index contributed by atoms with van der Waals surface area (Å²) < 4.78 is 27.1. The maximum atomic E-state index is 12.4. The van der Waals surface area contributed by atoms with Crippen molar-refractivity contribution in [1.82, 2.24) is 4.90 Å². The fourth-order valence-corrected chi connectivity index (χ4v) is 3.74. The van der Waals surface area contributed by atoms with Crippen molar-refractivity contribution >= 4 is 21.6 Å². The number of piperazine rings is 1. The summed E-state index contributed by atoms with van der Waals surface area (Å²) in [5.41, 5.74) is 0.870. The number of amides is 1. The number of carbonyl (C=O) groups is 1. The second-order valence-corrected chi connectivity index (χ2v) is 8.68. The molecule has 0 spiro atoms. The van der Waals surface area contributed by atoms with Gasteiger partial charge in [0.1, 0.15) is 5.75 Å². The summed E-state index contributed by atoms with van der Waals surface area (Å²) >= 11 is 0. The number of anilines is 1. The molecule has 1 aliphatic rings. The Kier molecular flexibility index (Phi) is 5.95. The predicted octanol–water partition coefficient (Wildman–Crippen LogP) is 1.19. The summed E-state index contributed by atoms with van der Waals surface area (Å²) in [5, 5.41) is 4.98.